The molecule has 0 radical (unpaired) electrons. The molecule has 0 N–H and O–H groups in total. The molecule has 1 aromatic heterocycles. The van der Waals surface area contributed by atoms with Crippen molar-refractivity contribution in [3.8, 4) is 0 Å². The molecule has 0 aliphatic carbocycles. The largest absolute Gasteiger partial charge is 0.353 e. The Balaban J connectivity index is 1.99. The van der Waals surface area contributed by atoms with E-state index < -0.39 is 10.8 Å². The highest BCUT2D eigenvalue weighted by Gasteiger charge is 2.11. The van der Waals surface area contributed by atoms with Crippen molar-refractivity contribution in [3.63, 3.8) is 0 Å². The molecule has 0 amide bonds. The highest BCUT2D eigenvalue weighted by atomic mass is 35.5. The van der Waals surface area contributed by atoms with Crippen LogP contribution in [0.4, 0.5) is 5.13 Å². The van der Waals surface area contributed by atoms with Gasteiger partial charge in [-0.2, -0.15) is 4.37 Å². The predicted molar refractivity (Wildman–Crippen MR) is 81.2 cm³/mol. The number of hydrogen-bond acceptors (Lipinski definition) is 5. The first-order valence-electron chi connectivity index (χ1n) is 5.64. The van der Waals surface area contributed by atoms with E-state index in [1.807, 2.05) is 37.2 Å². The van der Waals surface area contributed by atoms with E-state index >= 15 is 0 Å². The number of halogens is 1. The minimum absolute atomic E-state index is 0.357. The number of anilines is 1. The molecule has 2 rings (SSSR count). The smallest absolute Gasteiger partial charge is 0.204 e. The molecule has 1 heterocycles. The lowest BCUT2D eigenvalue weighted by Gasteiger charge is -2.04. The van der Waals surface area contributed by atoms with Gasteiger partial charge >= 0.3 is 0 Å². The Morgan fingerprint density at radius 2 is 2.05 bits per heavy atom. The SMILES string of the molecule is CN(C)c1nc(CS(=O)Cc2ccccc2Cl)ns1. The second-order valence-corrected chi connectivity index (χ2v) is 6.80. The lowest BCUT2D eigenvalue weighted by atomic mass is 10.2. The van der Waals surface area contributed by atoms with Crippen LogP contribution in [0.2, 0.25) is 5.02 Å². The minimum Gasteiger partial charge on any atom is -0.353 e. The third kappa shape index (κ3) is 3.99. The number of rotatable bonds is 5. The van der Waals surface area contributed by atoms with E-state index in [9.17, 15) is 4.21 Å². The van der Waals surface area contributed by atoms with Crippen LogP contribution in [0.15, 0.2) is 24.3 Å². The molecule has 0 saturated carbocycles. The molecule has 1 atom stereocenters. The highest BCUT2D eigenvalue weighted by Crippen LogP contribution is 2.19. The van der Waals surface area contributed by atoms with Crippen molar-refractivity contribution in [2.75, 3.05) is 19.0 Å². The maximum Gasteiger partial charge on any atom is 0.204 e. The lowest BCUT2D eigenvalue weighted by molar-refractivity contribution is 0.681. The molecule has 0 aliphatic rings. The molecule has 0 saturated heterocycles. The van der Waals surface area contributed by atoms with E-state index in [1.165, 1.54) is 11.5 Å². The van der Waals surface area contributed by atoms with E-state index in [2.05, 4.69) is 9.36 Å². The summed E-state index contributed by atoms with van der Waals surface area (Å²) in [5.74, 6) is 1.41. The zero-order valence-electron chi connectivity index (χ0n) is 10.7. The average Bonchev–Trinajstić information content (AvgIpc) is 2.80. The van der Waals surface area contributed by atoms with Gasteiger partial charge in [0.25, 0.3) is 0 Å². The van der Waals surface area contributed by atoms with Crippen molar-refractivity contribution in [1.29, 1.82) is 0 Å². The molecule has 102 valence electrons. The van der Waals surface area contributed by atoms with Gasteiger partial charge in [-0.05, 0) is 11.6 Å². The molecular weight excluding hydrogens is 302 g/mol. The van der Waals surface area contributed by atoms with Crippen molar-refractivity contribution in [3.05, 3.63) is 40.7 Å². The molecule has 0 bridgehead atoms. The average molecular weight is 316 g/mol. The minimum atomic E-state index is -1.05. The van der Waals surface area contributed by atoms with Crippen molar-refractivity contribution in [1.82, 2.24) is 9.36 Å². The molecule has 1 aromatic carbocycles. The van der Waals surface area contributed by atoms with Crippen LogP contribution in [0, 0.1) is 0 Å². The van der Waals surface area contributed by atoms with Crippen LogP contribution >= 0.6 is 23.1 Å². The summed E-state index contributed by atoms with van der Waals surface area (Å²) in [5, 5.41) is 1.47. The van der Waals surface area contributed by atoms with Crippen molar-refractivity contribution in [2.45, 2.75) is 11.5 Å². The Hall–Kier alpha value is -0.980. The van der Waals surface area contributed by atoms with Crippen LogP contribution in [-0.4, -0.2) is 27.7 Å². The fourth-order valence-corrected chi connectivity index (χ4v) is 3.55. The van der Waals surface area contributed by atoms with Gasteiger partial charge in [0.15, 0.2) is 5.82 Å². The van der Waals surface area contributed by atoms with Crippen LogP contribution in [0.3, 0.4) is 0 Å². The van der Waals surface area contributed by atoms with Gasteiger partial charge < -0.3 is 4.90 Å². The molecule has 7 heteroatoms. The van der Waals surface area contributed by atoms with E-state index in [0.717, 1.165) is 10.7 Å². The molecule has 0 spiro atoms. The highest BCUT2D eigenvalue weighted by molar-refractivity contribution is 7.83. The van der Waals surface area contributed by atoms with E-state index in [-0.39, 0.29) is 0 Å². The predicted octanol–water partition coefficient (Wildman–Crippen LogP) is 2.71. The summed E-state index contributed by atoms with van der Waals surface area (Å²) >= 11 is 7.36. The van der Waals surface area contributed by atoms with Gasteiger partial charge in [-0.25, -0.2) is 4.98 Å². The quantitative estimate of drug-likeness (QED) is 0.851. The Kier molecular flexibility index (Phi) is 4.90. The number of hydrogen-bond donors (Lipinski definition) is 0. The summed E-state index contributed by atoms with van der Waals surface area (Å²) < 4.78 is 16.3. The van der Waals surface area contributed by atoms with Crippen molar-refractivity contribution >= 4 is 39.1 Å². The maximum absolute atomic E-state index is 12.1. The standard InChI is InChI=1S/C12H14ClN3OS2/c1-16(2)12-14-11(15-18-12)8-19(17)7-9-5-3-4-6-10(9)13/h3-6H,7-8H2,1-2H3. The molecule has 0 fully saturated rings. The first-order chi connectivity index (χ1) is 9.06. The van der Waals surface area contributed by atoms with Crippen molar-refractivity contribution < 1.29 is 4.21 Å². The van der Waals surface area contributed by atoms with Gasteiger partial charge in [0, 0.05) is 41.5 Å². The van der Waals surface area contributed by atoms with Gasteiger partial charge in [0.05, 0.1) is 11.5 Å². The fourth-order valence-electron chi connectivity index (χ4n) is 1.47. The van der Waals surface area contributed by atoms with Crippen molar-refractivity contribution in [2.24, 2.45) is 0 Å². The zero-order chi connectivity index (χ0) is 13.8. The first-order valence-corrected chi connectivity index (χ1v) is 8.28. The van der Waals surface area contributed by atoms with E-state index in [1.54, 1.807) is 6.07 Å². The maximum atomic E-state index is 12.1. The monoisotopic (exact) mass is 315 g/mol. The molecule has 2 aromatic rings. The summed E-state index contributed by atoms with van der Waals surface area (Å²) in [6.45, 7) is 0. The van der Waals surface area contributed by atoms with Crippen LogP contribution in [0.5, 0.6) is 0 Å². The molecule has 4 nitrogen and oxygen atoms in total. The Labute approximate surface area is 124 Å². The topological polar surface area (TPSA) is 46.1 Å². The van der Waals surface area contributed by atoms with Crippen LogP contribution in [0.25, 0.3) is 0 Å². The summed E-state index contributed by atoms with van der Waals surface area (Å²) in [6.07, 6.45) is 0. The van der Waals surface area contributed by atoms with Crippen LogP contribution in [0.1, 0.15) is 11.4 Å². The Morgan fingerprint density at radius 3 is 2.68 bits per heavy atom. The number of benzene rings is 1. The van der Waals surface area contributed by atoms with Gasteiger partial charge in [-0.3, -0.25) is 4.21 Å². The van der Waals surface area contributed by atoms with Gasteiger partial charge in [0.1, 0.15) is 0 Å². The normalized spacial score (nSPS) is 12.4. The van der Waals surface area contributed by atoms with Gasteiger partial charge in [-0.15, -0.1) is 0 Å². The van der Waals surface area contributed by atoms with E-state index in [4.69, 9.17) is 11.6 Å². The second-order valence-electron chi connectivity index (χ2n) is 4.21. The molecule has 0 aliphatic heterocycles. The molecule has 19 heavy (non-hydrogen) atoms. The Bertz CT molecular complexity index is 586. The van der Waals surface area contributed by atoms with Crippen LogP contribution < -0.4 is 4.90 Å². The lowest BCUT2D eigenvalue weighted by Crippen LogP contribution is -2.08. The Morgan fingerprint density at radius 1 is 1.32 bits per heavy atom. The second kappa shape index (κ2) is 6.45. The first kappa shape index (κ1) is 14.4. The molecule has 1 unspecified atom stereocenters. The fraction of sp³-hybridized carbons (Fsp3) is 0.333. The molecular formula is C12H14ClN3OS2. The summed E-state index contributed by atoms with van der Waals surface area (Å²) in [7, 11) is 2.76. The third-order valence-electron chi connectivity index (χ3n) is 2.40. The van der Waals surface area contributed by atoms with Gasteiger partial charge in [-0.1, -0.05) is 29.8 Å². The number of aromatic nitrogens is 2. The third-order valence-corrected chi connectivity index (χ3v) is 4.91. The summed E-state index contributed by atoms with van der Waals surface area (Å²) in [5.41, 5.74) is 0.894. The zero-order valence-corrected chi connectivity index (χ0v) is 13.1. The summed E-state index contributed by atoms with van der Waals surface area (Å²) in [4.78, 5) is 6.21. The van der Waals surface area contributed by atoms with Crippen LogP contribution in [-0.2, 0) is 22.3 Å². The van der Waals surface area contributed by atoms with E-state index in [0.29, 0.717) is 22.4 Å². The van der Waals surface area contributed by atoms with Gasteiger partial charge in [0.2, 0.25) is 5.13 Å². The summed E-state index contributed by atoms with van der Waals surface area (Å²) in [6, 6.07) is 7.45. The number of nitrogens with zero attached hydrogens (tertiary/aromatic N) is 3.